The first-order valence-corrected chi connectivity index (χ1v) is 12.1. The molecule has 1 aromatic carbocycles. The van der Waals surface area contributed by atoms with Gasteiger partial charge in [-0.25, -0.2) is 19.5 Å². The number of hydrogen-bond acceptors (Lipinski definition) is 6. The molecule has 1 unspecified atom stereocenters. The molecule has 0 N–H and O–H groups in total. The Hall–Kier alpha value is -2.61. The van der Waals surface area contributed by atoms with Crippen LogP contribution in [0.4, 0.5) is 0 Å². The SMILES string of the molecule is Cc1cc(C)c2c(n1)sc1c2ncn2nc(C3CCCN(Cc4cccc(Cl)c4)C3)nc12. The van der Waals surface area contributed by atoms with Crippen LogP contribution in [0.2, 0.25) is 5.02 Å². The number of pyridine rings is 1. The molecule has 6 rings (SSSR count). The smallest absolute Gasteiger partial charge is 0.176 e. The van der Waals surface area contributed by atoms with Gasteiger partial charge < -0.3 is 0 Å². The van der Waals surface area contributed by atoms with Crippen LogP contribution in [0.5, 0.6) is 0 Å². The minimum absolute atomic E-state index is 0.314. The second-order valence-electron chi connectivity index (χ2n) is 8.73. The first kappa shape index (κ1) is 20.0. The van der Waals surface area contributed by atoms with E-state index >= 15 is 0 Å². The zero-order chi connectivity index (χ0) is 21.8. The predicted octanol–water partition coefficient (Wildman–Crippen LogP) is 5.54. The fourth-order valence-electron chi connectivity index (χ4n) is 4.86. The quantitative estimate of drug-likeness (QED) is 0.352. The molecule has 0 radical (unpaired) electrons. The van der Waals surface area contributed by atoms with E-state index in [2.05, 4.69) is 30.0 Å². The van der Waals surface area contributed by atoms with Crippen molar-refractivity contribution in [2.45, 2.75) is 39.2 Å². The van der Waals surface area contributed by atoms with Crippen molar-refractivity contribution in [1.82, 2.24) is 29.5 Å². The van der Waals surface area contributed by atoms with E-state index in [0.717, 1.165) is 75.1 Å². The summed E-state index contributed by atoms with van der Waals surface area (Å²) in [7, 11) is 0. The molecule has 5 aromatic rings. The Balaban J connectivity index is 1.35. The summed E-state index contributed by atoms with van der Waals surface area (Å²) in [6, 6.07) is 10.2. The van der Waals surface area contributed by atoms with E-state index in [1.807, 2.05) is 23.6 Å². The Morgan fingerprint density at radius 1 is 1.19 bits per heavy atom. The molecular weight excluding hydrogens is 440 g/mol. The van der Waals surface area contributed by atoms with E-state index in [1.54, 1.807) is 17.7 Å². The highest BCUT2D eigenvalue weighted by molar-refractivity contribution is 7.26. The average molecular weight is 463 g/mol. The van der Waals surface area contributed by atoms with Crippen molar-refractivity contribution in [2.24, 2.45) is 0 Å². The molecule has 1 aliphatic heterocycles. The van der Waals surface area contributed by atoms with Crippen LogP contribution in [0.25, 0.3) is 26.1 Å². The molecule has 0 aliphatic carbocycles. The fourth-order valence-corrected chi connectivity index (χ4v) is 6.30. The van der Waals surface area contributed by atoms with Crippen molar-refractivity contribution in [3.63, 3.8) is 0 Å². The zero-order valence-electron chi connectivity index (χ0n) is 18.0. The third kappa shape index (κ3) is 3.45. The number of thiophene rings is 1. The van der Waals surface area contributed by atoms with Gasteiger partial charge in [0.15, 0.2) is 11.5 Å². The number of aryl methyl sites for hydroxylation is 2. The van der Waals surface area contributed by atoms with Crippen LogP contribution in [0.15, 0.2) is 36.7 Å². The molecule has 1 saturated heterocycles. The van der Waals surface area contributed by atoms with Gasteiger partial charge in [0.05, 0.1) is 5.52 Å². The van der Waals surface area contributed by atoms with Gasteiger partial charge in [-0.3, -0.25) is 4.90 Å². The summed E-state index contributed by atoms with van der Waals surface area (Å²) in [4.78, 5) is 18.0. The molecule has 32 heavy (non-hydrogen) atoms. The minimum atomic E-state index is 0.314. The lowest BCUT2D eigenvalue weighted by atomic mass is 9.97. The number of piperidine rings is 1. The standard InChI is InChI=1S/C24H23ClN6S/c1-14-9-15(2)27-24-19(14)20-21(32-24)23-28-22(29-31(23)13-26-20)17-6-4-8-30(12-17)11-16-5-3-7-18(25)10-16/h3,5,7,9-10,13,17H,4,6,8,11-12H2,1-2H3. The van der Waals surface area contributed by atoms with Gasteiger partial charge in [-0.05, 0) is 62.6 Å². The van der Waals surface area contributed by atoms with Crippen LogP contribution in [0.1, 0.15) is 41.4 Å². The van der Waals surface area contributed by atoms with Crippen molar-refractivity contribution in [3.05, 3.63) is 64.3 Å². The van der Waals surface area contributed by atoms with Gasteiger partial charge in [0.1, 0.15) is 15.9 Å². The van der Waals surface area contributed by atoms with Gasteiger partial charge in [0.25, 0.3) is 0 Å². The summed E-state index contributed by atoms with van der Waals surface area (Å²) in [5.41, 5.74) is 5.35. The van der Waals surface area contributed by atoms with Crippen LogP contribution in [0.3, 0.4) is 0 Å². The molecule has 8 heteroatoms. The van der Waals surface area contributed by atoms with Crippen LogP contribution in [-0.4, -0.2) is 42.6 Å². The largest absolute Gasteiger partial charge is 0.298 e. The monoisotopic (exact) mass is 462 g/mol. The summed E-state index contributed by atoms with van der Waals surface area (Å²) in [5.74, 6) is 1.22. The molecule has 0 saturated carbocycles. The second kappa shape index (κ2) is 7.76. The lowest BCUT2D eigenvalue weighted by Crippen LogP contribution is -2.34. The predicted molar refractivity (Wildman–Crippen MR) is 130 cm³/mol. The molecule has 5 heterocycles. The third-order valence-corrected chi connectivity index (χ3v) is 7.58. The molecule has 1 atom stereocenters. The number of benzene rings is 1. The van der Waals surface area contributed by atoms with Crippen LogP contribution >= 0.6 is 22.9 Å². The van der Waals surface area contributed by atoms with Crippen LogP contribution in [-0.2, 0) is 6.54 Å². The Bertz CT molecular complexity index is 1470. The lowest BCUT2D eigenvalue weighted by Gasteiger charge is -2.31. The maximum Gasteiger partial charge on any atom is 0.176 e. The number of aromatic nitrogens is 5. The third-order valence-electron chi connectivity index (χ3n) is 6.27. The number of fused-ring (bicyclic) bond motifs is 5. The van der Waals surface area contributed by atoms with Gasteiger partial charge in [-0.1, -0.05) is 23.7 Å². The Kier molecular flexibility index (Phi) is 4.86. The number of halogens is 1. The Morgan fingerprint density at radius 2 is 2.09 bits per heavy atom. The molecule has 0 amide bonds. The van der Waals surface area contributed by atoms with Gasteiger partial charge in [-0.2, -0.15) is 0 Å². The van der Waals surface area contributed by atoms with E-state index in [0.29, 0.717) is 5.92 Å². The van der Waals surface area contributed by atoms with E-state index in [9.17, 15) is 0 Å². The normalized spacial score (nSPS) is 17.7. The van der Waals surface area contributed by atoms with Crippen molar-refractivity contribution < 1.29 is 0 Å². The zero-order valence-corrected chi connectivity index (χ0v) is 19.6. The van der Waals surface area contributed by atoms with Crippen molar-refractivity contribution in [3.8, 4) is 0 Å². The summed E-state index contributed by atoms with van der Waals surface area (Å²) in [5, 5.41) is 6.76. The van der Waals surface area contributed by atoms with Crippen LogP contribution < -0.4 is 0 Å². The van der Waals surface area contributed by atoms with Gasteiger partial charge in [0.2, 0.25) is 0 Å². The van der Waals surface area contributed by atoms with Gasteiger partial charge >= 0.3 is 0 Å². The summed E-state index contributed by atoms with van der Waals surface area (Å²) < 4.78 is 2.90. The molecule has 0 spiro atoms. The summed E-state index contributed by atoms with van der Waals surface area (Å²) in [6.45, 7) is 7.10. The van der Waals surface area contributed by atoms with E-state index in [4.69, 9.17) is 31.7 Å². The number of likely N-dealkylation sites (tertiary alicyclic amines) is 1. The van der Waals surface area contributed by atoms with E-state index < -0.39 is 0 Å². The fraction of sp³-hybridized carbons (Fsp3) is 0.333. The van der Waals surface area contributed by atoms with Crippen molar-refractivity contribution >= 4 is 49.0 Å². The first-order valence-electron chi connectivity index (χ1n) is 10.9. The van der Waals surface area contributed by atoms with Crippen molar-refractivity contribution in [1.29, 1.82) is 0 Å². The molecule has 1 fully saturated rings. The van der Waals surface area contributed by atoms with E-state index in [-0.39, 0.29) is 0 Å². The highest BCUT2D eigenvalue weighted by Gasteiger charge is 2.26. The van der Waals surface area contributed by atoms with Gasteiger partial charge in [-0.15, -0.1) is 16.4 Å². The van der Waals surface area contributed by atoms with Gasteiger partial charge in [0, 0.05) is 35.1 Å². The average Bonchev–Trinajstić information content (AvgIpc) is 3.35. The topological polar surface area (TPSA) is 59.2 Å². The Labute approximate surface area is 194 Å². The summed E-state index contributed by atoms with van der Waals surface area (Å²) in [6.07, 6.45) is 4.04. The molecule has 4 aromatic heterocycles. The number of nitrogens with zero attached hydrogens (tertiary/aromatic N) is 6. The molecule has 1 aliphatic rings. The van der Waals surface area contributed by atoms with Crippen LogP contribution in [0, 0.1) is 13.8 Å². The maximum absolute atomic E-state index is 6.18. The Morgan fingerprint density at radius 3 is 2.97 bits per heavy atom. The highest BCUT2D eigenvalue weighted by Crippen LogP contribution is 2.36. The van der Waals surface area contributed by atoms with Crippen molar-refractivity contribution in [2.75, 3.05) is 13.1 Å². The van der Waals surface area contributed by atoms with E-state index in [1.165, 1.54) is 11.1 Å². The summed E-state index contributed by atoms with van der Waals surface area (Å²) >= 11 is 7.84. The molecule has 0 bridgehead atoms. The first-order chi connectivity index (χ1) is 15.5. The number of rotatable bonds is 3. The minimum Gasteiger partial charge on any atom is -0.298 e. The maximum atomic E-state index is 6.18. The highest BCUT2D eigenvalue weighted by atomic mass is 35.5. The second-order valence-corrected chi connectivity index (χ2v) is 10.2. The number of hydrogen-bond donors (Lipinski definition) is 0. The molecular formula is C24H23ClN6S. The molecule has 162 valence electrons. The molecule has 6 nitrogen and oxygen atoms in total. The lowest BCUT2D eigenvalue weighted by molar-refractivity contribution is 0.196.